The maximum absolute atomic E-state index is 2.37. The van der Waals surface area contributed by atoms with Gasteiger partial charge in [-0.3, -0.25) is 9.80 Å². The van der Waals surface area contributed by atoms with Crippen molar-refractivity contribution in [1.29, 1.82) is 0 Å². The first kappa shape index (κ1) is 14.1. The fourth-order valence-electron chi connectivity index (χ4n) is 1.69. The van der Waals surface area contributed by atoms with Crippen LogP contribution in [-0.4, -0.2) is 62.8 Å². The third-order valence-corrected chi connectivity index (χ3v) is 8.94. The molecule has 14 heavy (non-hydrogen) atoms. The topological polar surface area (TPSA) is 6.48 Å². The Morgan fingerprint density at radius 2 is 1.71 bits per heavy atom. The number of hydrogen-bond acceptors (Lipinski definition) is 2. The van der Waals surface area contributed by atoms with Crippen LogP contribution in [0.5, 0.6) is 0 Å². The summed E-state index contributed by atoms with van der Waals surface area (Å²) in [6.45, 7) is 4.46. The molecule has 0 fully saturated rings. The van der Waals surface area contributed by atoms with Gasteiger partial charge in [-0.2, -0.15) is 0 Å². The summed E-state index contributed by atoms with van der Waals surface area (Å²) in [6, 6.07) is 0. The molecule has 84 valence electrons. The predicted octanol–water partition coefficient (Wildman–Crippen LogP) is 0.0303. The molecule has 0 aromatic carbocycles. The van der Waals surface area contributed by atoms with Crippen LogP contribution in [0.4, 0.5) is 0 Å². The van der Waals surface area contributed by atoms with Gasteiger partial charge in [-0.1, -0.05) is 16.9 Å². The molecule has 0 amide bonds. The molecule has 0 rings (SSSR count). The lowest BCUT2D eigenvalue weighted by Crippen LogP contribution is -2.45. The molecule has 2 nitrogen and oxygen atoms in total. The Labute approximate surface area is 94.0 Å². The van der Waals surface area contributed by atoms with E-state index < -0.39 is 0 Å². The van der Waals surface area contributed by atoms with Gasteiger partial charge in [0.1, 0.15) is 0 Å². The number of hydrogen-bond donors (Lipinski definition) is 0. The Kier molecular flexibility index (Phi) is 7.44. The van der Waals surface area contributed by atoms with Gasteiger partial charge < -0.3 is 0 Å². The van der Waals surface area contributed by atoms with Crippen LogP contribution < -0.4 is 0 Å². The molecule has 0 aliphatic rings. The van der Waals surface area contributed by atoms with Crippen LogP contribution in [0, 0.1) is 0 Å². The second-order valence-corrected chi connectivity index (χ2v) is 10.2. The summed E-state index contributed by atoms with van der Waals surface area (Å²) in [4.78, 5) is 4.73. The highest BCUT2D eigenvalue weighted by Crippen LogP contribution is 1.99. The van der Waals surface area contributed by atoms with E-state index in [1.807, 2.05) is 0 Å². The van der Waals surface area contributed by atoms with E-state index in [4.69, 9.17) is 0 Å². The summed E-state index contributed by atoms with van der Waals surface area (Å²) in [7, 11) is 8.93. The van der Waals surface area contributed by atoms with Crippen molar-refractivity contribution in [1.82, 2.24) is 9.80 Å². The molecule has 0 saturated carbocycles. The summed E-state index contributed by atoms with van der Waals surface area (Å²) < 4.78 is 0. The molecule has 0 atom stereocenters. The maximum Gasteiger partial charge on any atom is 0.0563 e. The van der Waals surface area contributed by atoms with Gasteiger partial charge in [-0.15, -0.1) is 0 Å². The van der Waals surface area contributed by atoms with Crippen LogP contribution in [0.15, 0.2) is 11.3 Å². The third-order valence-electron chi connectivity index (χ3n) is 2.72. The van der Waals surface area contributed by atoms with E-state index in [1.54, 1.807) is 10.9 Å². The van der Waals surface area contributed by atoms with Crippen molar-refractivity contribution in [3.8, 4) is 0 Å². The van der Waals surface area contributed by atoms with Gasteiger partial charge in [0.05, 0.1) is 9.52 Å². The smallest absolute Gasteiger partial charge is 0.0563 e. The highest BCUT2D eigenvalue weighted by Gasteiger charge is 2.13. The van der Waals surface area contributed by atoms with Gasteiger partial charge in [0.15, 0.2) is 0 Å². The lowest BCUT2D eigenvalue weighted by atomic mass is 10.6. The van der Waals surface area contributed by atoms with E-state index in [0.717, 1.165) is 5.79 Å². The van der Waals surface area contributed by atoms with Crippen molar-refractivity contribution >= 4 is 19.0 Å². The minimum Gasteiger partial charge on any atom is -0.297 e. The Hall–Kier alpha value is 0.0938. The molecule has 0 radical (unpaired) electrons. The summed E-state index contributed by atoms with van der Waals surface area (Å²) in [5.74, 6) is 0.743. The van der Waals surface area contributed by atoms with Crippen LogP contribution in [0.2, 0.25) is 5.67 Å². The minimum atomic E-state index is 0.0510. The largest absolute Gasteiger partial charge is 0.297 e. The van der Waals surface area contributed by atoms with Gasteiger partial charge in [0.2, 0.25) is 0 Å². The van der Waals surface area contributed by atoms with Crippen LogP contribution in [0.25, 0.3) is 0 Å². The van der Waals surface area contributed by atoms with E-state index in [9.17, 15) is 0 Å². The molecule has 0 aromatic rings. The predicted molar refractivity (Wildman–Crippen MR) is 72.5 cm³/mol. The first-order valence-electron chi connectivity index (χ1n) is 5.43. The van der Waals surface area contributed by atoms with Crippen molar-refractivity contribution in [2.24, 2.45) is 0 Å². The Morgan fingerprint density at radius 1 is 1.21 bits per heavy atom. The van der Waals surface area contributed by atoms with Gasteiger partial charge in [0.25, 0.3) is 0 Å². The molecule has 0 N–H and O–H groups in total. The van der Waals surface area contributed by atoms with Crippen molar-refractivity contribution in [3.05, 3.63) is 11.3 Å². The zero-order chi connectivity index (χ0) is 11.1. The molecule has 0 spiro atoms. The molecule has 0 heterocycles. The molecular formula is C10H26N2Si2. The monoisotopic (exact) mass is 230 g/mol. The second-order valence-electron chi connectivity index (χ2n) is 4.44. The SMILES string of the molecule is CC=C(C)[SiH2]C[SiH2]C(N(C)C)N(C)C. The summed E-state index contributed by atoms with van der Waals surface area (Å²) >= 11 is 0. The quantitative estimate of drug-likeness (QED) is 0.469. The zero-order valence-corrected chi connectivity index (χ0v) is 13.5. The van der Waals surface area contributed by atoms with Crippen LogP contribution in [0.1, 0.15) is 13.8 Å². The van der Waals surface area contributed by atoms with Crippen molar-refractivity contribution in [2.45, 2.75) is 25.3 Å². The molecular weight excluding hydrogens is 204 g/mol. The van der Waals surface area contributed by atoms with E-state index in [2.05, 4.69) is 57.9 Å². The average Bonchev–Trinajstić information content (AvgIpc) is 2.10. The fraction of sp³-hybridized carbons (Fsp3) is 0.800. The van der Waals surface area contributed by atoms with Crippen LogP contribution in [-0.2, 0) is 0 Å². The van der Waals surface area contributed by atoms with Crippen molar-refractivity contribution < 1.29 is 0 Å². The first-order valence-corrected chi connectivity index (χ1v) is 8.96. The van der Waals surface area contributed by atoms with E-state index >= 15 is 0 Å². The molecule has 4 heteroatoms. The van der Waals surface area contributed by atoms with E-state index in [0.29, 0.717) is 0 Å². The summed E-state index contributed by atoms with van der Waals surface area (Å²) in [5, 5.41) is 1.67. The normalized spacial score (nSPS) is 15.1. The fourth-order valence-corrected chi connectivity index (χ4v) is 7.52. The van der Waals surface area contributed by atoms with Crippen LogP contribution >= 0.6 is 0 Å². The van der Waals surface area contributed by atoms with E-state index in [1.165, 1.54) is 0 Å². The van der Waals surface area contributed by atoms with Crippen molar-refractivity contribution in [2.75, 3.05) is 28.2 Å². The summed E-state index contributed by atoms with van der Waals surface area (Å²) in [5.41, 5.74) is 1.55. The molecule has 0 unspecified atom stereocenters. The van der Waals surface area contributed by atoms with E-state index in [-0.39, 0.29) is 19.0 Å². The molecule has 0 bridgehead atoms. The summed E-state index contributed by atoms with van der Waals surface area (Å²) in [6.07, 6.45) is 2.29. The lowest BCUT2D eigenvalue weighted by Gasteiger charge is -2.30. The van der Waals surface area contributed by atoms with Gasteiger partial charge >= 0.3 is 0 Å². The highest BCUT2D eigenvalue weighted by atomic mass is 28.3. The average molecular weight is 231 g/mol. The Balaban J connectivity index is 3.84. The number of allylic oxidation sites excluding steroid dienone is 2. The molecule has 0 aliphatic carbocycles. The number of rotatable bonds is 6. The van der Waals surface area contributed by atoms with Gasteiger partial charge in [-0.05, 0) is 42.0 Å². The third kappa shape index (κ3) is 5.75. The standard InChI is InChI=1S/C10H26N2Si2/c1-7-9(2)13-8-14-10(11(3)4)12(5)6/h7,10H,8,13-14H2,1-6H3. The van der Waals surface area contributed by atoms with Crippen LogP contribution in [0.3, 0.4) is 0 Å². The molecule has 0 aliphatic heterocycles. The lowest BCUT2D eigenvalue weighted by molar-refractivity contribution is 0.201. The highest BCUT2D eigenvalue weighted by molar-refractivity contribution is 6.61. The minimum absolute atomic E-state index is 0.0510. The first-order chi connectivity index (χ1) is 6.49. The Bertz CT molecular complexity index is 171. The molecule has 0 aromatic heterocycles. The Morgan fingerprint density at radius 3 is 2.07 bits per heavy atom. The maximum atomic E-state index is 2.37. The van der Waals surface area contributed by atoms with Gasteiger partial charge in [0, 0.05) is 15.3 Å². The molecule has 0 saturated heterocycles. The van der Waals surface area contributed by atoms with Gasteiger partial charge in [-0.25, -0.2) is 0 Å². The van der Waals surface area contributed by atoms with Crippen molar-refractivity contribution in [3.63, 3.8) is 0 Å². The zero-order valence-electron chi connectivity index (χ0n) is 10.7. The number of nitrogens with zero attached hydrogens (tertiary/aromatic N) is 2. The second kappa shape index (κ2) is 7.39.